The van der Waals surface area contributed by atoms with Gasteiger partial charge in [0, 0.05) is 24.3 Å². The number of hydrogen-bond donors (Lipinski definition) is 1. The first-order chi connectivity index (χ1) is 13.8. The van der Waals surface area contributed by atoms with E-state index in [9.17, 15) is 17.6 Å². The summed E-state index contributed by atoms with van der Waals surface area (Å²) in [5.74, 6) is -1.19. The van der Waals surface area contributed by atoms with Crippen LogP contribution in [-0.4, -0.2) is 44.5 Å². The van der Waals surface area contributed by atoms with Crippen molar-refractivity contribution < 1.29 is 22.3 Å². The van der Waals surface area contributed by atoms with Crippen LogP contribution in [0.4, 0.5) is 10.1 Å². The second-order valence-electron chi connectivity index (χ2n) is 7.30. The van der Waals surface area contributed by atoms with E-state index in [1.807, 2.05) is 18.7 Å². The normalized spacial score (nSPS) is 23.1. The van der Waals surface area contributed by atoms with Crippen molar-refractivity contribution in [2.45, 2.75) is 31.0 Å². The molecule has 0 saturated carbocycles. The van der Waals surface area contributed by atoms with Gasteiger partial charge in [0.25, 0.3) is 5.91 Å². The number of hydrogen-bond acceptors (Lipinski definition) is 5. The minimum absolute atomic E-state index is 0.108. The van der Waals surface area contributed by atoms with E-state index in [-0.39, 0.29) is 22.0 Å². The summed E-state index contributed by atoms with van der Waals surface area (Å²) in [5.41, 5.74) is 1.22. The largest absolute Gasteiger partial charge is 0.372 e. The van der Waals surface area contributed by atoms with Crippen molar-refractivity contribution in [3.8, 4) is 0 Å². The van der Waals surface area contributed by atoms with Gasteiger partial charge < -0.3 is 15.0 Å². The molecule has 4 rings (SSSR count). The minimum atomic E-state index is -4.00. The molecule has 8 heteroatoms. The lowest BCUT2D eigenvalue weighted by atomic mass is 10.1. The number of ether oxygens (including phenoxy) is 1. The number of morpholine rings is 1. The summed E-state index contributed by atoms with van der Waals surface area (Å²) in [7, 11) is -4.00. The van der Waals surface area contributed by atoms with Gasteiger partial charge in [0.1, 0.15) is 5.82 Å². The van der Waals surface area contributed by atoms with Crippen LogP contribution in [0.25, 0.3) is 5.70 Å². The van der Waals surface area contributed by atoms with E-state index in [0.29, 0.717) is 30.0 Å². The number of nitrogens with zero attached hydrogens (tertiary/aromatic N) is 1. The number of rotatable bonds is 3. The summed E-state index contributed by atoms with van der Waals surface area (Å²) in [5, 5.41) is 2.59. The smallest absolute Gasteiger partial charge is 0.269 e. The van der Waals surface area contributed by atoms with E-state index in [4.69, 9.17) is 4.74 Å². The molecule has 6 nitrogen and oxygen atoms in total. The Kier molecular flexibility index (Phi) is 4.92. The highest BCUT2D eigenvalue weighted by molar-refractivity contribution is 7.97. The van der Waals surface area contributed by atoms with Crippen LogP contribution < -0.4 is 5.32 Å². The van der Waals surface area contributed by atoms with Crippen LogP contribution in [0.2, 0.25) is 0 Å². The first-order valence-electron chi connectivity index (χ1n) is 9.33. The van der Waals surface area contributed by atoms with Gasteiger partial charge in [0.15, 0.2) is 4.91 Å². The fraction of sp³-hybridized carbons (Fsp3) is 0.286. The van der Waals surface area contributed by atoms with E-state index in [1.54, 1.807) is 18.2 Å². The minimum Gasteiger partial charge on any atom is -0.372 e. The summed E-state index contributed by atoms with van der Waals surface area (Å²) < 4.78 is 45.4. The molecule has 2 aliphatic rings. The van der Waals surface area contributed by atoms with E-state index < -0.39 is 21.6 Å². The molecule has 152 valence electrons. The Morgan fingerprint density at radius 3 is 2.34 bits per heavy atom. The SMILES string of the molecule is CC1CN(C2=C(C(=O)Nc3ccc(F)cc3)S(=O)(=O)c3ccccc32)CC(C)O1. The zero-order valence-corrected chi connectivity index (χ0v) is 16.9. The molecule has 2 aliphatic heterocycles. The number of fused-ring (bicyclic) bond motifs is 1. The summed E-state index contributed by atoms with van der Waals surface area (Å²) >= 11 is 0. The van der Waals surface area contributed by atoms with Gasteiger partial charge in [-0.3, -0.25) is 4.79 Å². The maximum Gasteiger partial charge on any atom is 0.269 e. The molecule has 2 atom stereocenters. The Hall–Kier alpha value is -2.71. The molecule has 2 heterocycles. The number of carbonyl (C=O) groups is 1. The molecule has 2 aromatic carbocycles. The molecule has 1 N–H and O–H groups in total. The number of halogens is 1. The Labute approximate surface area is 168 Å². The molecule has 0 aromatic heterocycles. The average molecular weight is 416 g/mol. The molecule has 1 amide bonds. The second kappa shape index (κ2) is 7.27. The monoisotopic (exact) mass is 416 g/mol. The highest BCUT2D eigenvalue weighted by atomic mass is 32.2. The van der Waals surface area contributed by atoms with Gasteiger partial charge in [-0.25, -0.2) is 12.8 Å². The molecular weight excluding hydrogens is 395 g/mol. The third kappa shape index (κ3) is 3.54. The summed E-state index contributed by atoms with van der Waals surface area (Å²) in [4.78, 5) is 14.8. The highest BCUT2D eigenvalue weighted by Gasteiger charge is 2.43. The second-order valence-corrected chi connectivity index (χ2v) is 9.16. The van der Waals surface area contributed by atoms with Crippen LogP contribution >= 0.6 is 0 Å². The van der Waals surface area contributed by atoms with Crippen molar-refractivity contribution in [3.63, 3.8) is 0 Å². The van der Waals surface area contributed by atoms with E-state index in [1.165, 1.54) is 30.3 Å². The molecule has 0 bridgehead atoms. The van der Waals surface area contributed by atoms with Crippen LogP contribution in [0.1, 0.15) is 19.4 Å². The molecule has 2 unspecified atom stereocenters. The van der Waals surface area contributed by atoms with Crippen molar-refractivity contribution in [3.05, 3.63) is 64.8 Å². The van der Waals surface area contributed by atoms with Crippen LogP contribution in [0.15, 0.2) is 58.3 Å². The van der Waals surface area contributed by atoms with Crippen LogP contribution in [0.5, 0.6) is 0 Å². The van der Waals surface area contributed by atoms with Gasteiger partial charge >= 0.3 is 0 Å². The van der Waals surface area contributed by atoms with Crippen LogP contribution in [-0.2, 0) is 19.4 Å². The first kappa shape index (κ1) is 19.6. The maximum atomic E-state index is 13.2. The van der Waals surface area contributed by atoms with Gasteiger partial charge in [-0.05, 0) is 44.2 Å². The van der Waals surface area contributed by atoms with Crippen molar-refractivity contribution >= 4 is 27.1 Å². The standard InChI is InChI=1S/C21H21FN2O4S/c1-13-11-24(12-14(2)28-13)19-17-5-3-4-6-18(17)29(26,27)20(19)21(25)23-16-9-7-15(22)8-10-16/h3-10,13-14H,11-12H2,1-2H3,(H,23,25). The Balaban J connectivity index is 1.82. The van der Waals surface area contributed by atoms with E-state index in [0.717, 1.165) is 0 Å². The Morgan fingerprint density at radius 2 is 1.69 bits per heavy atom. The van der Waals surface area contributed by atoms with Crippen molar-refractivity contribution in [1.29, 1.82) is 0 Å². The molecule has 0 spiro atoms. The fourth-order valence-electron chi connectivity index (χ4n) is 3.88. The first-order valence-corrected chi connectivity index (χ1v) is 10.8. The van der Waals surface area contributed by atoms with Crippen LogP contribution in [0, 0.1) is 5.82 Å². The Bertz CT molecular complexity index is 1090. The van der Waals surface area contributed by atoms with E-state index >= 15 is 0 Å². The molecule has 0 aliphatic carbocycles. The molecule has 1 saturated heterocycles. The van der Waals surface area contributed by atoms with Crippen LogP contribution in [0.3, 0.4) is 0 Å². The lowest BCUT2D eigenvalue weighted by Gasteiger charge is -2.37. The van der Waals surface area contributed by atoms with Gasteiger partial charge in [-0.15, -0.1) is 0 Å². The van der Waals surface area contributed by atoms with Crippen molar-refractivity contribution in [1.82, 2.24) is 4.90 Å². The maximum absolute atomic E-state index is 13.2. The predicted octanol–water partition coefficient (Wildman–Crippen LogP) is 3.03. The van der Waals surface area contributed by atoms with Gasteiger partial charge in [-0.2, -0.15) is 0 Å². The van der Waals surface area contributed by atoms with Crippen molar-refractivity contribution in [2.24, 2.45) is 0 Å². The zero-order chi connectivity index (χ0) is 20.8. The summed E-state index contributed by atoms with van der Waals surface area (Å²) in [6.07, 6.45) is -0.216. The quantitative estimate of drug-likeness (QED) is 0.833. The molecular formula is C21H21FN2O4S. The van der Waals surface area contributed by atoms with Gasteiger partial charge in [0.05, 0.1) is 22.8 Å². The molecule has 1 fully saturated rings. The number of carbonyl (C=O) groups excluding carboxylic acids is 1. The average Bonchev–Trinajstić information content (AvgIpc) is 2.90. The summed E-state index contributed by atoms with van der Waals surface area (Å²) in [6.45, 7) is 4.77. The molecule has 0 radical (unpaired) electrons. The highest BCUT2D eigenvalue weighted by Crippen LogP contribution is 2.42. The molecule has 2 aromatic rings. The number of nitrogens with one attached hydrogen (secondary N) is 1. The number of sulfone groups is 1. The predicted molar refractivity (Wildman–Crippen MR) is 107 cm³/mol. The van der Waals surface area contributed by atoms with Gasteiger partial charge in [-0.1, -0.05) is 18.2 Å². The fourth-order valence-corrected chi connectivity index (χ4v) is 5.60. The number of amides is 1. The lowest BCUT2D eigenvalue weighted by molar-refractivity contribution is -0.112. The molecule has 29 heavy (non-hydrogen) atoms. The lowest BCUT2D eigenvalue weighted by Crippen LogP contribution is -2.44. The topological polar surface area (TPSA) is 75.7 Å². The number of benzene rings is 2. The third-order valence-electron chi connectivity index (χ3n) is 4.96. The third-order valence-corrected chi connectivity index (χ3v) is 6.81. The summed E-state index contributed by atoms with van der Waals surface area (Å²) in [6, 6.07) is 11.8. The van der Waals surface area contributed by atoms with Crippen molar-refractivity contribution in [2.75, 3.05) is 18.4 Å². The number of anilines is 1. The van der Waals surface area contributed by atoms with Gasteiger partial charge in [0.2, 0.25) is 9.84 Å². The Morgan fingerprint density at radius 1 is 1.07 bits per heavy atom. The van der Waals surface area contributed by atoms with E-state index in [2.05, 4.69) is 5.32 Å². The zero-order valence-electron chi connectivity index (χ0n) is 16.1.